The van der Waals surface area contributed by atoms with Crippen LogP contribution in [-0.4, -0.2) is 10.1 Å². The molecule has 5 heteroatoms. The van der Waals surface area contributed by atoms with E-state index in [-0.39, 0.29) is 6.04 Å². The zero-order valence-corrected chi connectivity index (χ0v) is 14.3. The van der Waals surface area contributed by atoms with Gasteiger partial charge in [-0.3, -0.25) is 0 Å². The van der Waals surface area contributed by atoms with E-state index in [1.807, 2.05) is 55.5 Å². The Labute approximate surface area is 146 Å². The first-order valence-corrected chi connectivity index (χ1v) is 8.16. The van der Waals surface area contributed by atoms with E-state index in [9.17, 15) is 0 Å². The van der Waals surface area contributed by atoms with Crippen LogP contribution >= 0.6 is 24.4 Å². The van der Waals surface area contributed by atoms with Gasteiger partial charge in [0.15, 0.2) is 5.11 Å². The fourth-order valence-electron chi connectivity index (χ4n) is 2.61. The standard InChI is InChI=1S/C18H17N3S2/c1-12-15(17(22)20-14-10-6-3-7-11-14)16(21-18(23)19-12)13-8-4-2-5-9-13/h2-11,16H,1H3,(H,20,22)(H2,19,21,23)/t16-/m0/s1. The average Bonchev–Trinajstić information content (AvgIpc) is 2.55. The molecule has 116 valence electrons. The zero-order chi connectivity index (χ0) is 16.2. The van der Waals surface area contributed by atoms with Gasteiger partial charge in [0.1, 0.15) is 4.99 Å². The van der Waals surface area contributed by atoms with Crippen molar-refractivity contribution in [3.8, 4) is 0 Å². The SMILES string of the molecule is CC1=C(C(=S)Nc2ccccc2)[C@H](c2ccccc2)NC(=S)N1. The van der Waals surface area contributed by atoms with E-state index in [0.29, 0.717) is 10.1 Å². The Morgan fingerprint density at radius 2 is 1.61 bits per heavy atom. The highest BCUT2D eigenvalue weighted by atomic mass is 32.1. The molecule has 2 aromatic rings. The Kier molecular flexibility index (Phi) is 4.69. The second kappa shape index (κ2) is 6.89. The molecule has 0 aromatic heterocycles. The second-order valence-electron chi connectivity index (χ2n) is 5.30. The van der Waals surface area contributed by atoms with Crippen LogP contribution in [-0.2, 0) is 0 Å². The molecule has 3 N–H and O–H groups in total. The van der Waals surface area contributed by atoms with Gasteiger partial charge in [0.05, 0.1) is 6.04 Å². The van der Waals surface area contributed by atoms with Crippen molar-refractivity contribution in [1.82, 2.24) is 10.6 Å². The van der Waals surface area contributed by atoms with E-state index < -0.39 is 0 Å². The third-order valence-electron chi connectivity index (χ3n) is 3.68. The van der Waals surface area contributed by atoms with Crippen molar-refractivity contribution in [3.63, 3.8) is 0 Å². The van der Waals surface area contributed by atoms with Crippen molar-refractivity contribution >= 4 is 40.2 Å². The molecule has 23 heavy (non-hydrogen) atoms. The van der Waals surface area contributed by atoms with Crippen molar-refractivity contribution in [1.29, 1.82) is 0 Å². The Balaban J connectivity index is 1.94. The second-order valence-corrected chi connectivity index (χ2v) is 6.12. The molecular formula is C18H17N3S2. The molecule has 0 saturated carbocycles. The first-order chi connectivity index (χ1) is 11.1. The summed E-state index contributed by atoms with van der Waals surface area (Å²) in [4.78, 5) is 0.685. The van der Waals surface area contributed by atoms with Gasteiger partial charge in [0, 0.05) is 17.0 Å². The molecule has 0 bridgehead atoms. The van der Waals surface area contributed by atoms with Gasteiger partial charge in [0.25, 0.3) is 0 Å². The maximum atomic E-state index is 5.66. The topological polar surface area (TPSA) is 36.1 Å². The third kappa shape index (κ3) is 3.57. The van der Waals surface area contributed by atoms with Gasteiger partial charge in [-0.1, -0.05) is 60.7 Å². The first kappa shape index (κ1) is 15.6. The fourth-order valence-corrected chi connectivity index (χ4v) is 3.27. The van der Waals surface area contributed by atoms with Gasteiger partial charge in [-0.25, -0.2) is 0 Å². The highest BCUT2D eigenvalue weighted by molar-refractivity contribution is 7.81. The lowest BCUT2D eigenvalue weighted by atomic mass is 9.95. The molecule has 1 atom stereocenters. The lowest BCUT2D eigenvalue weighted by molar-refractivity contribution is 0.717. The predicted octanol–water partition coefficient (Wildman–Crippen LogP) is 3.92. The zero-order valence-electron chi connectivity index (χ0n) is 12.7. The van der Waals surface area contributed by atoms with Crippen LogP contribution in [0.25, 0.3) is 0 Å². The van der Waals surface area contributed by atoms with Gasteiger partial charge in [0.2, 0.25) is 0 Å². The monoisotopic (exact) mass is 339 g/mol. The predicted molar refractivity (Wildman–Crippen MR) is 103 cm³/mol. The summed E-state index contributed by atoms with van der Waals surface area (Å²) in [7, 11) is 0. The molecular weight excluding hydrogens is 322 g/mol. The lowest BCUT2D eigenvalue weighted by Gasteiger charge is -2.31. The Morgan fingerprint density at radius 3 is 2.26 bits per heavy atom. The molecule has 0 saturated heterocycles. The normalized spacial score (nSPS) is 17.3. The van der Waals surface area contributed by atoms with Gasteiger partial charge in [-0.15, -0.1) is 0 Å². The Morgan fingerprint density at radius 1 is 1.00 bits per heavy atom. The molecule has 0 radical (unpaired) electrons. The quantitative estimate of drug-likeness (QED) is 0.739. The van der Waals surface area contributed by atoms with E-state index in [0.717, 1.165) is 22.5 Å². The van der Waals surface area contributed by atoms with Crippen molar-refractivity contribution in [3.05, 3.63) is 77.5 Å². The molecule has 3 nitrogen and oxygen atoms in total. The van der Waals surface area contributed by atoms with Gasteiger partial charge in [-0.2, -0.15) is 0 Å². The molecule has 0 unspecified atom stereocenters. The van der Waals surface area contributed by atoms with E-state index >= 15 is 0 Å². The van der Waals surface area contributed by atoms with Gasteiger partial charge in [-0.05, 0) is 36.8 Å². The molecule has 0 aliphatic carbocycles. The first-order valence-electron chi connectivity index (χ1n) is 7.35. The van der Waals surface area contributed by atoms with E-state index in [4.69, 9.17) is 24.4 Å². The van der Waals surface area contributed by atoms with Crippen molar-refractivity contribution in [2.45, 2.75) is 13.0 Å². The minimum Gasteiger partial charge on any atom is -0.351 e. The number of para-hydroxylation sites is 1. The summed E-state index contributed by atoms with van der Waals surface area (Å²) >= 11 is 11.0. The summed E-state index contributed by atoms with van der Waals surface area (Å²) in [5.41, 5.74) is 4.07. The molecule has 0 spiro atoms. The summed E-state index contributed by atoms with van der Waals surface area (Å²) in [6.45, 7) is 2.00. The number of anilines is 1. The average molecular weight is 339 g/mol. The van der Waals surface area contributed by atoms with Crippen LogP contribution in [0.4, 0.5) is 5.69 Å². The molecule has 3 rings (SSSR count). The summed E-state index contributed by atoms with van der Waals surface area (Å²) in [5, 5.41) is 10.4. The van der Waals surface area contributed by atoms with Crippen LogP contribution in [0.5, 0.6) is 0 Å². The van der Waals surface area contributed by atoms with Crippen LogP contribution in [0.2, 0.25) is 0 Å². The minimum absolute atomic E-state index is 0.0614. The fraction of sp³-hybridized carbons (Fsp3) is 0.111. The molecule has 1 aliphatic rings. The van der Waals surface area contributed by atoms with E-state index in [1.54, 1.807) is 0 Å². The maximum absolute atomic E-state index is 5.66. The van der Waals surface area contributed by atoms with Crippen molar-refractivity contribution in [2.24, 2.45) is 0 Å². The summed E-state index contributed by atoms with van der Waals surface area (Å²) in [5.74, 6) is 0. The van der Waals surface area contributed by atoms with Crippen LogP contribution in [0, 0.1) is 0 Å². The largest absolute Gasteiger partial charge is 0.351 e. The highest BCUT2D eigenvalue weighted by Gasteiger charge is 2.27. The number of rotatable bonds is 3. The summed E-state index contributed by atoms with van der Waals surface area (Å²) < 4.78 is 0. The molecule has 1 heterocycles. The van der Waals surface area contributed by atoms with Crippen LogP contribution < -0.4 is 16.0 Å². The Hall–Kier alpha value is -2.24. The van der Waals surface area contributed by atoms with Crippen LogP contribution in [0.3, 0.4) is 0 Å². The van der Waals surface area contributed by atoms with Crippen molar-refractivity contribution in [2.75, 3.05) is 5.32 Å². The smallest absolute Gasteiger partial charge is 0.171 e. The Bertz CT molecular complexity index is 754. The van der Waals surface area contributed by atoms with Crippen LogP contribution in [0.15, 0.2) is 71.9 Å². The molecule has 1 aliphatic heterocycles. The number of nitrogens with one attached hydrogen (secondary N) is 3. The number of benzene rings is 2. The number of thiocarbonyl (C=S) groups is 2. The molecule has 0 fully saturated rings. The van der Waals surface area contributed by atoms with Gasteiger partial charge >= 0.3 is 0 Å². The number of hydrogen-bond donors (Lipinski definition) is 3. The summed E-state index contributed by atoms with van der Waals surface area (Å²) in [6.07, 6.45) is 0. The summed E-state index contributed by atoms with van der Waals surface area (Å²) in [6, 6.07) is 20.0. The van der Waals surface area contributed by atoms with Gasteiger partial charge < -0.3 is 16.0 Å². The van der Waals surface area contributed by atoms with Crippen LogP contribution in [0.1, 0.15) is 18.5 Å². The maximum Gasteiger partial charge on any atom is 0.171 e. The van der Waals surface area contributed by atoms with E-state index in [2.05, 4.69) is 28.1 Å². The highest BCUT2D eigenvalue weighted by Crippen LogP contribution is 2.28. The number of allylic oxidation sites excluding steroid dienone is 1. The van der Waals surface area contributed by atoms with Crippen molar-refractivity contribution < 1.29 is 0 Å². The molecule has 2 aromatic carbocycles. The lowest BCUT2D eigenvalue weighted by Crippen LogP contribution is -2.45. The number of hydrogen-bond acceptors (Lipinski definition) is 2. The minimum atomic E-state index is -0.0614. The third-order valence-corrected chi connectivity index (χ3v) is 4.22. The molecule has 0 amide bonds. The van der Waals surface area contributed by atoms with E-state index in [1.165, 1.54) is 0 Å².